The molecule has 3 rings (SSSR count). The van der Waals surface area contributed by atoms with Gasteiger partial charge in [0.25, 0.3) is 5.56 Å². The lowest BCUT2D eigenvalue weighted by molar-refractivity contribution is -0.122. The summed E-state index contributed by atoms with van der Waals surface area (Å²) in [6, 6.07) is 15.0. The molecular formula is C25H26N2O3S. The van der Waals surface area contributed by atoms with E-state index in [1.54, 1.807) is 6.07 Å². The van der Waals surface area contributed by atoms with Crippen LogP contribution >= 0.6 is 11.3 Å². The van der Waals surface area contributed by atoms with Crippen LogP contribution in [0.4, 0.5) is 0 Å². The van der Waals surface area contributed by atoms with Crippen molar-refractivity contribution in [3.05, 3.63) is 90.3 Å². The Labute approximate surface area is 185 Å². The number of amides is 1. The maximum absolute atomic E-state index is 13.1. The molecule has 0 spiro atoms. The van der Waals surface area contributed by atoms with Gasteiger partial charge in [-0.05, 0) is 50.5 Å². The molecule has 6 heteroatoms. The Morgan fingerprint density at radius 3 is 2.32 bits per heavy atom. The van der Waals surface area contributed by atoms with E-state index in [0.29, 0.717) is 14.8 Å². The fraction of sp³-hybridized carbons (Fsp3) is 0.240. The first kappa shape index (κ1) is 22.4. The lowest BCUT2D eigenvalue weighted by atomic mass is 10.1. The van der Waals surface area contributed by atoms with Crippen LogP contribution in [0.25, 0.3) is 12.2 Å². The lowest BCUT2D eigenvalue weighted by Crippen LogP contribution is -2.40. The smallest absolute Gasteiger partial charge is 0.269 e. The standard InChI is InChI=1S/C25H26N2O3S/c1-16(2)26-23(29)15-27-24(14-21(28)20-12-8-6-10-18(20)4)31-22(25(27)30)13-19-11-7-5-9-17(19)3/h5-14,16H,15H2,1-4H3,(H,26,29). The maximum Gasteiger partial charge on any atom is 0.269 e. The number of nitrogens with one attached hydrogen (secondary N) is 1. The fourth-order valence-corrected chi connectivity index (χ4v) is 4.27. The van der Waals surface area contributed by atoms with E-state index < -0.39 is 0 Å². The average Bonchev–Trinajstić information content (AvgIpc) is 2.98. The molecular weight excluding hydrogens is 408 g/mol. The van der Waals surface area contributed by atoms with Crippen LogP contribution in [0.1, 0.15) is 40.9 Å². The van der Waals surface area contributed by atoms with E-state index in [0.717, 1.165) is 16.7 Å². The fourth-order valence-electron chi connectivity index (χ4n) is 3.23. The normalized spacial score (nSPS) is 12.4. The van der Waals surface area contributed by atoms with Gasteiger partial charge in [0.15, 0.2) is 5.78 Å². The van der Waals surface area contributed by atoms with Gasteiger partial charge in [0, 0.05) is 17.7 Å². The van der Waals surface area contributed by atoms with Crippen LogP contribution in [0.15, 0.2) is 53.3 Å². The minimum atomic E-state index is -0.281. The molecule has 2 aromatic carbocycles. The highest BCUT2D eigenvalue weighted by atomic mass is 32.1. The predicted molar refractivity (Wildman–Crippen MR) is 126 cm³/mol. The summed E-state index contributed by atoms with van der Waals surface area (Å²) in [7, 11) is 0. The Morgan fingerprint density at radius 1 is 1.03 bits per heavy atom. The van der Waals surface area contributed by atoms with E-state index in [-0.39, 0.29) is 29.8 Å². The molecule has 0 aliphatic rings. The summed E-state index contributed by atoms with van der Waals surface area (Å²) in [5.41, 5.74) is 3.12. The van der Waals surface area contributed by atoms with Crippen LogP contribution in [-0.2, 0) is 11.3 Å². The Morgan fingerprint density at radius 2 is 1.68 bits per heavy atom. The second-order valence-corrected chi connectivity index (χ2v) is 8.80. The molecule has 0 saturated carbocycles. The number of aryl methyl sites for hydroxylation is 2. The van der Waals surface area contributed by atoms with E-state index in [2.05, 4.69) is 5.32 Å². The number of nitrogens with zero attached hydrogens (tertiary/aromatic N) is 1. The highest BCUT2D eigenvalue weighted by Gasteiger charge is 2.13. The number of aromatic nitrogens is 1. The van der Waals surface area contributed by atoms with Gasteiger partial charge in [-0.3, -0.25) is 19.0 Å². The van der Waals surface area contributed by atoms with Crippen molar-refractivity contribution in [1.29, 1.82) is 0 Å². The molecule has 0 unspecified atom stereocenters. The van der Waals surface area contributed by atoms with Crippen LogP contribution in [0.5, 0.6) is 0 Å². The molecule has 0 aliphatic carbocycles. The molecule has 5 nitrogen and oxygen atoms in total. The third kappa shape index (κ3) is 5.47. The van der Waals surface area contributed by atoms with Gasteiger partial charge in [-0.25, -0.2) is 0 Å². The van der Waals surface area contributed by atoms with E-state index in [1.165, 1.54) is 22.0 Å². The molecule has 1 aromatic heterocycles. The van der Waals surface area contributed by atoms with Crippen molar-refractivity contribution >= 4 is 35.2 Å². The number of thiazole rings is 1. The van der Waals surface area contributed by atoms with E-state index in [9.17, 15) is 14.4 Å². The van der Waals surface area contributed by atoms with E-state index in [1.807, 2.05) is 76.2 Å². The van der Waals surface area contributed by atoms with Crippen molar-refractivity contribution in [2.24, 2.45) is 0 Å². The van der Waals surface area contributed by atoms with Crippen LogP contribution in [0.3, 0.4) is 0 Å². The lowest BCUT2D eigenvalue weighted by Gasteiger charge is -2.08. The zero-order chi connectivity index (χ0) is 22.5. The van der Waals surface area contributed by atoms with Gasteiger partial charge < -0.3 is 5.32 Å². The zero-order valence-corrected chi connectivity index (χ0v) is 19.0. The van der Waals surface area contributed by atoms with E-state index >= 15 is 0 Å². The topological polar surface area (TPSA) is 68.2 Å². The van der Waals surface area contributed by atoms with Crippen LogP contribution in [-0.4, -0.2) is 22.3 Å². The molecule has 1 N–H and O–H groups in total. The van der Waals surface area contributed by atoms with Crippen molar-refractivity contribution in [2.45, 2.75) is 40.3 Å². The highest BCUT2D eigenvalue weighted by molar-refractivity contribution is 7.07. The number of hydrogen-bond donors (Lipinski definition) is 1. The zero-order valence-electron chi connectivity index (χ0n) is 18.1. The summed E-state index contributed by atoms with van der Waals surface area (Å²) in [6.45, 7) is 7.43. The monoisotopic (exact) mass is 434 g/mol. The molecule has 1 amide bonds. The summed E-state index contributed by atoms with van der Waals surface area (Å²) < 4.78 is 2.32. The first-order valence-electron chi connectivity index (χ1n) is 10.1. The van der Waals surface area contributed by atoms with Gasteiger partial charge in [0.2, 0.25) is 5.91 Å². The van der Waals surface area contributed by atoms with Gasteiger partial charge in [-0.1, -0.05) is 48.5 Å². The summed E-state index contributed by atoms with van der Waals surface area (Å²) in [5.74, 6) is -0.463. The SMILES string of the molecule is Cc1ccccc1C=c1sc(=CC(=O)c2ccccc2C)n(CC(=O)NC(C)C)c1=O. The first-order chi connectivity index (χ1) is 14.8. The van der Waals surface area contributed by atoms with Gasteiger partial charge >= 0.3 is 0 Å². The number of benzene rings is 2. The van der Waals surface area contributed by atoms with Crippen LogP contribution < -0.4 is 20.1 Å². The molecule has 0 saturated heterocycles. The number of carbonyl (C=O) groups excluding carboxylic acids is 2. The van der Waals surface area contributed by atoms with Gasteiger partial charge in [-0.2, -0.15) is 0 Å². The van der Waals surface area contributed by atoms with Gasteiger partial charge in [0.1, 0.15) is 11.2 Å². The molecule has 0 radical (unpaired) electrons. The van der Waals surface area contributed by atoms with Crippen LogP contribution in [0.2, 0.25) is 0 Å². The van der Waals surface area contributed by atoms with Crippen LogP contribution in [0, 0.1) is 13.8 Å². The molecule has 160 valence electrons. The number of rotatable bonds is 6. The quantitative estimate of drug-likeness (QED) is 0.607. The second kappa shape index (κ2) is 9.71. The minimum Gasteiger partial charge on any atom is -0.352 e. The summed E-state index contributed by atoms with van der Waals surface area (Å²) in [4.78, 5) is 38.4. The average molecular weight is 435 g/mol. The second-order valence-electron chi connectivity index (χ2n) is 7.74. The first-order valence-corrected chi connectivity index (χ1v) is 11.0. The highest BCUT2D eigenvalue weighted by Crippen LogP contribution is 2.09. The third-order valence-electron chi connectivity index (χ3n) is 4.83. The van der Waals surface area contributed by atoms with Crippen molar-refractivity contribution in [2.75, 3.05) is 0 Å². The van der Waals surface area contributed by atoms with Crippen molar-refractivity contribution in [3.8, 4) is 0 Å². The number of ketones is 1. The molecule has 0 atom stereocenters. The van der Waals surface area contributed by atoms with E-state index in [4.69, 9.17) is 0 Å². The Hall–Kier alpha value is -3.25. The molecule has 0 fully saturated rings. The summed E-state index contributed by atoms with van der Waals surface area (Å²) in [6.07, 6.45) is 3.26. The predicted octanol–water partition coefficient (Wildman–Crippen LogP) is 2.54. The number of carbonyl (C=O) groups is 2. The summed E-state index contributed by atoms with van der Waals surface area (Å²) >= 11 is 1.22. The molecule has 3 aromatic rings. The largest absolute Gasteiger partial charge is 0.352 e. The molecule has 31 heavy (non-hydrogen) atoms. The Balaban J connectivity index is 2.16. The van der Waals surface area contributed by atoms with Gasteiger partial charge in [0.05, 0.1) is 4.53 Å². The molecule has 0 bridgehead atoms. The van der Waals surface area contributed by atoms with Gasteiger partial charge in [-0.15, -0.1) is 11.3 Å². The van der Waals surface area contributed by atoms with Crippen molar-refractivity contribution in [3.63, 3.8) is 0 Å². The Bertz CT molecular complexity index is 1300. The van der Waals surface area contributed by atoms with Crippen molar-refractivity contribution < 1.29 is 9.59 Å². The van der Waals surface area contributed by atoms with Crippen molar-refractivity contribution in [1.82, 2.24) is 9.88 Å². The maximum atomic E-state index is 13.1. The minimum absolute atomic E-state index is 0.0409. The molecule has 1 heterocycles. The number of hydrogen-bond acceptors (Lipinski definition) is 4. The number of Topliss-reactive ketones (excluding diaryl/α,β-unsaturated/α-hetero) is 1. The summed E-state index contributed by atoms with van der Waals surface area (Å²) in [5, 5.41) is 2.80. The molecule has 0 aliphatic heterocycles. The Kier molecular flexibility index (Phi) is 7.02. The third-order valence-corrected chi connectivity index (χ3v) is 5.89.